The summed E-state index contributed by atoms with van der Waals surface area (Å²) in [4.78, 5) is 38.2. The van der Waals surface area contributed by atoms with Crippen molar-refractivity contribution in [3.63, 3.8) is 0 Å². The summed E-state index contributed by atoms with van der Waals surface area (Å²) in [5.74, 6) is -2.73. The third kappa shape index (κ3) is 10.6. The lowest BCUT2D eigenvalue weighted by molar-refractivity contribution is -0.179. The van der Waals surface area contributed by atoms with E-state index in [9.17, 15) is 19.5 Å². The molecule has 0 spiro atoms. The van der Waals surface area contributed by atoms with Gasteiger partial charge in [-0.2, -0.15) is 0 Å². The Balaban J connectivity index is 1.46. The maximum atomic E-state index is 13.3. The Bertz CT molecular complexity index is 1350. The van der Waals surface area contributed by atoms with Gasteiger partial charge in [-0.05, 0) is 72.6 Å². The van der Waals surface area contributed by atoms with Crippen LogP contribution in [0.25, 0.3) is 10.8 Å². The fourth-order valence-corrected chi connectivity index (χ4v) is 5.12. The number of unbranched alkanes of at least 4 members (excludes halogenated alkanes) is 4. The molecule has 2 atom stereocenters. The predicted molar refractivity (Wildman–Crippen MR) is 166 cm³/mol. The van der Waals surface area contributed by atoms with Crippen molar-refractivity contribution in [2.75, 3.05) is 20.2 Å². The van der Waals surface area contributed by atoms with Crippen LogP contribution in [0.5, 0.6) is 0 Å². The topological polar surface area (TPSA) is 93.1 Å². The molecule has 0 aliphatic rings. The second kappa shape index (κ2) is 17.1. The van der Waals surface area contributed by atoms with E-state index >= 15 is 0 Å². The number of hydrogen-bond donors (Lipinski definition) is 1. The van der Waals surface area contributed by atoms with Crippen molar-refractivity contribution in [2.24, 2.45) is 0 Å². The summed E-state index contributed by atoms with van der Waals surface area (Å²) < 4.78 is 10.8. The van der Waals surface area contributed by atoms with Gasteiger partial charge in [-0.1, -0.05) is 84.6 Å². The number of carboxylic acid groups (broad SMARTS) is 1. The highest BCUT2D eigenvalue weighted by Gasteiger charge is 2.39. The van der Waals surface area contributed by atoms with Gasteiger partial charge >= 0.3 is 11.9 Å². The van der Waals surface area contributed by atoms with Gasteiger partial charge in [-0.3, -0.25) is 9.59 Å². The molecule has 226 valence electrons. The van der Waals surface area contributed by atoms with Crippen molar-refractivity contribution in [3.05, 3.63) is 81.8 Å². The fraction of sp³-hybridized carbons (Fsp3) is 0.424. The Kier molecular flexibility index (Phi) is 13.6. The third-order valence-electron chi connectivity index (χ3n) is 7.09. The molecule has 0 bridgehead atoms. The first-order valence-electron chi connectivity index (χ1n) is 14.3. The van der Waals surface area contributed by atoms with Gasteiger partial charge in [0, 0.05) is 27.1 Å². The zero-order chi connectivity index (χ0) is 30.5. The van der Waals surface area contributed by atoms with E-state index in [0.29, 0.717) is 23.0 Å². The van der Waals surface area contributed by atoms with Crippen molar-refractivity contribution < 1.29 is 29.0 Å². The summed E-state index contributed by atoms with van der Waals surface area (Å²) in [5, 5.41) is 13.2. The van der Waals surface area contributed by atoms with Gasteiger partial charge in [0.2, 0.25) is 6.10 Å². The number of nitrogens with zero attached hydrogens (tertiary/aromatic N) is 1. The summed E-state index contributed by atoms with van der Waals surface area (Å²) in [7, 11) is 1.62. The van der Waals surface area contributed by atoms with Gasteiger partial charge in [-0.15, -0.1) is 0 Å². The van der Waals surface area contributed by atoms with Gasteiger partial charge in [-0.25, -0.2) is 4.79 Å². The maximum absolute atomic E-state index is 13.3. The van der Waals surface area contributed by atoms with Crippen LogP contribution in [0.1, 0.15) is 56.6 Å². The van der Waals surface area contributed by atoms with Crippen LogP contribution in [0.2, 0.25) is 10.0 Å². The van der Waals surface area contributed by atoms with E-state index in [2.05, 4.69) is 30.3 Å². The minimum absolute atomic E-state index is 0.155. The number of aliphatic carboxylic acids is 1. The number of rotatable bonds is 17. The Morgan fingerprint density at radius 1 is 0.786 bits per heavy atom. The van der Waals surface area contributed by atoms with Crippen LogP contribution in [-0.4, -0.2) is 60.3 Å². The molecule has 0 aliphatic carbocycles. The summed E-state index contributed by atoms with van der Waals surface area (Å²) in [6.07, 6.45) is 3.46. The van der Waals surface area contributed by atoms with Crippen LogP contribution >= 0.6 is 23.2 Å². The summed E-state index contributed by atoms with van der Waals surface area (Å²) in [5.41, 5.74) is 2.34. The SMILES string of the molecule is CC(=O)OC(C(=O)O)C(OCCCCCc1ccc(Cl)c(Cl)c1)C(=O)N(C)CCCCCc1ccc2ccccc2c1. The number of esters is 1. The van der Waals surface area contributed by atoms with Crippen LogP contribution in [0.4, 0.5) is 0 Å². The van der Waals surface area contributed by atoms with Crippen LogP contribution in [0.3, 0.4) is 0 Å². The van der Waals surface area contributed by atoms with Gasteiger partial charge in [0.1, 0.15) is 0 Å². The number of hydrogen-bond acceptors (Lipinski definition) is 5. The first-order valence-corrected chi connectivity index (χ1v) is 15.1. The zero-order valence-electron chi connectivity index (χ0n) is 24.2. The number of fused-ring (bicyclic) bond motifs is 1. The van der Waals surface area contributed by atoms with Crippen molar-refractivity contribution in [3.8, 4) is 0 Å². The van der Waals surface area contributed by atoms with Gasteiger partial charge in [0.25, 0.3) is 5.91 Å². The molecule has 42 heavy (non-hydrogen) atoms. The van der Waals surface area contributed by atoms with Crippen LogP contribution < -0.4 is 0 Å². The average Bonchev–Trinajstić information content (AvgIpc) is 2.96. The highest BCUT2D eigenvalue weighted by Crippen LogP contribution is 2.23. The second-order valence-electron chi connectivity index (χ2n) is 10.5. The van der Waals surface area contributed by atoms with E-state index in [4.69, 9.17) is 32.7 Å². The quantitative estimate of drug-likeness (QED) is 0.128. The molecular formula is C33H39Cl2NO6. The molecule has 0 heterocycles. The van der Waals surface area contributed by atoms with Crippen molar-refractivity contribution in [2.45, 2.75) is 70.5 Å². The number of benzene rings is 3. The number of amides is 1. The summed E-state index contributed by atoms with van der Waals surface area (Å²) >= 11 is 12.0. The lowest BCUT2D eigenvalue weighted by Gasteiger charge is -2.27. The van der Waals surface area contributed by atoms with Crippen LogP contribution in [0.15, 0.2) is 60.7 Å². The lowest BCUT2D eigenvalue weighted by atomic mass is 10.0. The molecule has 2 unspecified atom stereocenters. The normalized spacial score (nSPS) is 12.6. The number of halogens is 2. The number of aryl methyl sites for hydroxylation is 2. The highest BCUT2D eigenvalue weighted by atomic mass is 35.5. The van der Waals surface area contributed by atoms with Gasteiger partial charge < -0.3 is 19.5 Å². The Hall–Kier alpha value is -3.13. The Labute approximate surface area is 257 Å². The van der Waals surface area contributed by atoms with Crippen LogP contribution in [-0.2, 0) is 36.7 Å². The molecule has 9 heteroatoms. The number of carbonyl (C=O) groups excluding carboxylic acids is 2. The van der Waals surface area contributed by atoms with Crippen molar-refractivity contribution in [1.29, 1.82) is 0 Å². The maximum Gasteiger partial charge on any atom is 0.348 e. The number of likely N-dealkylation sites (N-methyl/N-ethyl adjacent to an activating group) is 1. The smallest absolute Gasteiger partial charge is 0.348 e. The standard InChI is InChI=1S/C33H39Cl2NO6/c1-23(37)42-31(33(39)40)30(41-20-10-4-6-12-25-16-18-28(34)29(35)22-25)32(38)36(2)19-9-3-5-11-24-15-17-26-13-7-8-14-27(26)21-24/h7-8,13-18,21-22,30-31H,3-6,9-12,19-20H2,1-2H3,(H,39,40). The van der Waals surface area contributed by atoms with E-state index < -0.39 is 30.1 Å². The minimum atomic E-state index is -1.72. The molecule has 0 saturated heterocycles. The summed E-state index contributed by atoms with van der Waals surface area (Å²) in [6.45, 7) is 1.70. The molecule has 0 saturated carbocycles. The molecule has 3 rings (SSSR count). The highest BCUT2D eigenvalue weighted by molar-refractivity contribution is 6.42. The Morgan fingerprint density at radius 3 is 2.10 bits per heavy atom. The van der Waals surface area contributed by atoms with Gasteiger partial charge in [0.15, 0.2) is 6.10 Å². The second-order valence-corrected chi connectivity index (χ2v) is 11.3. The van der Waals surface area contributed by atoms with E-state index in [1.54, 1.807) is 13.1 Å². The molecule has 1 N–H and O–H groups in total. The van der Waals surface area contributed by atoms with E-state index in [-0.39, 0.29) is 6.61 Å². The molecular weight excluding hydrogens is 577 g/mol. The molecule has 3 aromatic carbocycles. The molecule has 0 aromatic heterocycles. The molecule has 0 fully saturated rings. The van der Waals surface area contributed by atoms with E-state index in [1.165, 1.54) is 21.2 Å². The van der Waals surface area contributed by atoms with E-state index in [1.807, 2.05) is 24.3 Å². The minimum Gasteiger partial charge on any atom is -0.478 e. The van der Waals surface area contributed by atoms with Crippen LogP contribution in [0, 0.1) is 0 Å². The molecule has 3 aromatic rings. The number of ether oxygens (including phenoxy) is 2. The van der Waals surface area contributed by atoms with Crippen molar-refractivity contribution in [1.82, 2.24) is 4.90 Å². The largest absolute Gasteiger partial charge is 0.478 e. The molecule has 1 amide bonds. The zero-order valence-corrected chi connectivity index (χ0v) is 25.7. The molecule has 0 aliphatic heterocycles. The summed E-state index contributed by atoms with van der Waals surface area (Å²) in [6, 6.07) is 20.3. The number of carboxylic acids is 1. The number of carbonyl (C=O) groups is 3. The van der Waals surface area contributed by atoms with E-state index in [0.717, 1.165) is 57.4 Å². The molecule has 0 radical (unpaired) electrons. The first-order chi connectivity index (χ1) is 20.2. The Morgan fingerprint density at radius 2 is 1.43 bits per heavy atom. The average molecular weight is 617 g/mol. The first kappa shape index (κ1) is 33.4. The lowest BCUT2D eigenvalue weighted by Crippen LogP contribution is -2.50. The van der Waals surface area contributed by atoms with Crippen molar-refractivity contribution >= 4 is 51.8 Å². The molecule has 7 nitrogen and oxygen atoms in total. The predicted octanol–water partition coefficient (Wildman–Crippen LogP) is 7.13. The third-order valence-corrected chi connectivity index (χ3v) is 7.83. The fourth-order valence-electron chi connectivity index (χ4n) is 4.80. The van der Waals surface area contributed by atoms with Gasteiger partial charge in [0.05, 0.1) is 10.0 Å². The monoisotopic (exact) mass is 615 g/mol.